The lowest BCUT2D eigenvalue weighted by molar-refractivity contribution is -0.137. The smallest absolute Gasteiger partial charge is 0.416 e. The standard InChI is InChI=1S/C19H20F3NO4S/c1-26-17-10-5-13(12-18(17)27-2)16-4-3-11-23(16)28(24,25)15-8-6-14(7-9-15)19(20,21)22/h5-10,12,16H,3-4,11H2,1-2H3. The Morgan fingerprint density at radius 3 is 2.21 bits per heavy atom. The van der Waals surface area contributed by atoms with E-state index in [1.807, 2.05) is 0 Å². The van der Waals surface area contributed by atoms with Gasteiger partial charge in [0.15, 0.2) is 11.5 Å². The maximum atomic E-state index is 13.0. The normalized spacial score (nSPS) is 18.2. The minimum Gasteiger partial charge on any atom is -0.493 e. The molecule has 152 valence electrons. The van der Waals surface area contributed by atoms with E-state index < -0.39 is 27.8 Å². The van der Waals surface area contributed by atoms with Crippen molar-refractivity contribution in [2.24, 2.45) is 0 Å². The molecule has 0 radical (unpaired) electrons. The van der Waals surface area contributed by atoms with E-state index in [0.717, 1.165) is 29.8 Å². The number of hydrogen-bond donors (Lipinski definition) is 0. The largest absolute Gasteiger partial charge is 0.493 e. The van der Waals surface area contributed by atoms with Gasteiger partial charge in [-0.15, -0.1) is 0 Å². The van der Waals surface area contributed by atoms with Crippen molar-refractivity contribution in [1.29, 1.82) is 0 Å². The SMILES string of the molecule is COc1ccc(C2CCCN2S(=O)(=O)c2ccc(C(F)(F)F)cc2)cc1OC. The van der Waals surface area contributed by atoms with Gasteiger partial charge >= 0.3 is 6.18 Å². The van der Waals surface area contributed by atoms with E-state index in [2.05, 4.69) is 0 Å². The third kappa shape index (κ3) is 3.81. The number of methoxy groups -OCH3 is 2. The van der Waals surface area contributed by atoms with Crippen LogP contribution in [0.15, 0.2) is 47.4 Å². The average molecular weight is 415 g/mol. The molecule has 0 amide bonds. The van der Waals surface area contributed by atoms with Crippen molar-refractivity contribution in [3.05, 3.63) is 53.6 Å². The Morgan fingerprint density at radius 2 is 1.64 bits per heavy atom. The van der Waals surface area contributed by atoms with E-state index >= 15 is 0 Å². The first-order valence-corrected chi connectivity index (χ1v) is 10.0. The molecule has 1 unspecified atom stereocenters. The van der Waals surface area contributed by atoms with Crippen LogP contribution in [0.4, 0.5) is 13.2 Å². The van der Waals surface area contributed by atoms with Gasteiger partial charge in [0.1, 0.15) is 0 Å². The Balaban J connectivity index is 1.93. The number of benzene rings is 2. The molecule has 1 fully saturated rings. The molecule has 2 aromatic carbocycles. The molecule has 2 aromatic rings. The highest BCUT2D eigenvalue weighted by Gasteiger charge is 2.37. The van der Waals surface area contributed by atoms with E-state index in [-0.39, 0.29) is 4.90 Å². The van der Waals surface area contributed by atoms with Crippen molar-refractivity contribution in [3.8, 4) is 11.5 Å². The molecular formula is C19H20F3NO4S. The summed E-state index contributed by atoms with van der Waals surface area (Å²) in [6, 6.07) is 8.35. The molecule has 1 heterocycles. The number of hydrogen-bond acceptors (Lipinski definition) is 4. The lowest BCUT2D eigenvalue weighted by atomic mass is 10.0. The van der Waals surface area contributed by atoms with Gasteiger partial charge in [0.25, 0.3) is 0 Å². The second kappa shape index (κ2) is 7.63. The summed E-state index contributed by atoms with van der Waals surface area (Å²) in [6.07, 6.45) is -3.26. The summed E-state index contributed by atoms with van der Waals surface area (Å²) >= 11 is 0. The number of sulfonamides is 1. The molecule has 9 heteroatoms. The van der Waals surface area contributed by atoms with Crippen molar-refractivity contribution >= 4 is 10.0 Å². The molecule has 1 saturated heterocycles. The number of alkyl halides is 3. The second-order valence-electron chi connectivity index (χ2n) is 6.41. The predicted octanol–water partition coefficient (Wildman–Crippen LogP) is 4.25. The summed E-state index contributed by atoms with van der Waals surface area (Å²) in [5.41, 5.74) is -0.144. The first-order valence-electron chi connectivity index (χ1n) is 8.59. The van der Waals surface area contributed by atoms with Gasteiger partial charge in [0.2, 0.25) is 10.0 Å². The molecule has 28 heavy (non-hydrogen) atoms. The van der Waals surface area contributed by atoms with Crippen molar-refractivity contribution in [3.63, 3.8) is 0 Å². The van der Waals surface area contributed by atoms with E-state index in [0.29, 0.717) is 30.9 Å². The van der Waals surface area contributed by atoms with Gasteiger partial charge in [-0.05, 0) is 54.8 Å². The van der Waals surface area contributed by atoms with Crippen LogP contribution < -0.4 is 9.47 Å². The van der Waals surface area contributed by atoms with Crippen LogP contribution in [-0.2, 0) is 16.2 Å². The fraction of sp³-hybridized carbons (Fsp3) is 0.368. The summed E-state index contributed by atoms with van der Waals surface area (Å²) in [7, 11) is -0.938. The summed E-state index contributed by atoms with van der Waals surface area (Å²) in [5, 5.41) is 0. The molecule has 1 aliphatic heterocycles. The number of nitrogens with zero attached hydrogens (tertiary/aromatic N) is 1. The molecule has 0 saturated carbocycles. The zero-order chi connectivity index (χ0) is 20.5. The van der Waals surface area contributed by atoms with Crippen LogP contribution in [0.3, 0.4) is 0 Å². The topological polar surface area (TPSA) is 55.8 Å². The monoisotopic (exact) mass is 415 g/mol. The minimum atomic E-state index is -4.52. The van der Waals surface area contributed by atoms with Crippen LogP contribution in [0.1, 0.15) is 30.0 Å². The lowest BCUT2D eigenvalue weighted by Gasteiger charge is -2.25. The van der Waals surface area contributed by atoms with Gasteiger partial charge in [-0.25, -0.2) is 8.42 Å². The van der Waals surface area contributed by atoms with Gasteiger partial charge < -0.3 is 9.47 Å². The Morgan fingerprint density at radius 1 is 1.00 bits per heavy atom. The third-order valence-corrected chi connectivity index (χ3v) is 6.71. The Hall–Kier alpha value is -2.26. The van der Waals surface area contributed by atoms with Gasteiger partial charge in [-0.3, -0.25) is 0 Å². The van der Waals surface area contributed by atoms with Crippen LogP contribution in [0.25, 0.3) is 0 Å². The molecule has 0 N–H and O–H groups in total. The average Bonchev–Trinajstić information content (AvgIpc) is 3.17. The molecule has 0 bridgehead atoms. The molecule has 5 nitrogen and oxygen atoms in total. The van der Waals surface area contributed by atoms with E-state index in [4.69, 9.17) is 9.47 Å². The van der Waals surface area contributed by atoms with E-state index in [9.17, 15) is 21.6 Å². The van der Waals surface area contributed by atoms with Crippen molar-refractivity contribution in [2.45, 2.75) is 30.0 Å². The number of halogens is 3. The summed E-state index contributed by atoms with van der Waals surface area (Å²) in [5.74, 6) is 1.01. The Bertz CT molecular complexity index is 943. The first-order chi connectivity index (χ1) is 13.2. The van der Waals surface area contributed by atoms with Gasteiger partial charge in [0.05, 0.1) is 30.7 Å². The zero-order valence-corrected chi connectivity index (χ0v) is 16.2. The van der Waals surface area contributed by atoms with Crippen LogP contribution in [-0.4, -0.2) is 33.5 Å². The number of ether oxygens (including phenoxy) is 2. The van der Waals surface area contributed by atoms with Crippen LogP contribution in [0.5, 0.6) is 11.5 Å². The van der Waals surface area contributed by atoms with Crippen LogP contribution >= 0.6 is 0 Å². The fourth-order valence-electron chi connectivity index (χ4n) is 3.37. The maximum absolute atomic E-state index is 13.0. The highest BCUT2D eigenvalue weighted by Crippen LogP contribution is 2.40. The summed E-state index contributed by atoms with van der Waals surface area (Å²) < 4.78 is 76.2. The van der Waals surface area contributed by atoms with Crippen LogP contribution in [0.2, 0.25) is 0 Å². The molecule has 1 atom stereocenters. The molecule has 3 rings (SSSR count). The highest BCUT2D eigenvalue weighted by molar-refractivity contribution is 7.89. The fourth-order valence-corrected chi connectivity index (χ4v) is 5.05. The van der Waals surface area contributed by atoms with Crippen LogP contribution in [0, 0.1) is 0 Å². The quantitative estimate of drug-likeness (QED) is 0.733. The molecule has 1 aliphatic rings. The maximum Gasteiger partial charge on any atom is 0.416 e. The van der Waals surface area contributed by atoms with Crippen molar-refractivity contribution in [1.82, 2.24) is 4.31 Å². The zero-order valence-electron chi connectivity index (χ0n) is 15.4. The van der Waals surface area contributed by atoms with E-state index in [1.165, 1.54) is 18.5 Å². The molecule has 0 aromatic heterocycles. The Labute approximate surface area is 161 Å². The first kappa shape index (κ1) is 20.5. The van der Waals surface area contributed by atoms with Crippen molar-refractivity contribution < 1.29 is 31.1 Å². The van der Waals surface area contributed by atoms with Gasteiger partial charge in [-0.1, -0.05) is 6.07 Å². The van der Waals surface area contributed by atoms with Gasteiger partial charge in [-0.2, -0.15) is 17.5 Å². The third-order valence-electron chi connectivity index (χ3n) is 4.78. The van der Waals surface area contributed by atoms with Gasteiger partial charge in [0, 0.05) is 6.54 Å². The molecule has 0 aliphatic carbocycles. The second-order valence-corrected chi connectivity index (χ2v) is 8.30. The summed E-state index contributed by atoms with van der Waals surface area (Å²) in [4.78, 5) is -0.159. The predicted molar refractivity (Wildman–Crippen MR) is 96.9 cm³/mol. The number of rotatable bonds is 5. The summed E-state index contributed by atoms with van der Waals surface area (Å²) in [6.45, 7) is 0.294. The minimum absolute atomic E-state index is 0.159. The molecule has 0 spiro atoms. The molecular weight excluding hydrogens is 395 g/mol. The van der Waals surface area contributed by atoms with Crippen molar-refractivity contribution in [2.75, 3.05) is 20.8 Å². The van der Waals surface area contributed by atoms with E-state index in [1.54, 1.807) is 18.2 Å². The lowest BCUT2D eigenvalue weighted by Crippen LogP contribution is -2.30. The highest BCUT2D eigenvalue weighted by atomic mass is 32.2. The Kier molecular flexibility index (Phi) is 5.58.